The molecule has 1 aliphatic rings. The first-order valence-corrected chi connectivity index (χ1v) is 17.0. The van der Waals surface area contributed by atoms with Crippen molar-refractivity contribution in [1.29, 1.82) is 0 Å². The molecule has 8 rings (SSSR count). The Morgan fingerprint density at radius 3 is 2.06 bits per heavy atom. The summed E-state index contributed by atoms with van der Waals surface area (Å²) in [5.41, 5.74) is 8.33. The van der Waals surface area contributed by atoms with Gasteiger partial charge < -0.3 is 21.3 Å². The highest BCUT2D eigenvalue weighted by Gasteiger charge is 2.27. The van der Waals surface area contributed by atoms with Gasteiger partial charge in [-0.05, 0) is 73.4 Å². The highest BCUT2D eigenvalue weighted by Crippen LogP contribution is 2.38. The quantitative estimate of drug-likeness (QED) is 0.116. The molecular formula is C38H40N12. The first-order chi connectivity index (χ1) is 24.4. The maximum absolute atomic E-state index is 4.93. The number of hydrogen-bond donors (Lipinski definition) is 4. The Morgan fingerprint density at radius 1 is 0.680 bits per heavy atom. The van der Waals surface area contributed by atoms with Gasteiger partial charge in [-0.1, -0.05) is 60.7 Å². The van der Waals surface area contributed by atoms with Crippen molar-refractivity contribution in [1.82, 2.24) is 39.5 Å². The fraction of sp³-hybridized carbons (Fsp3) is 0.263. The van der Waals surface area contributed by atoms with Crippen LogP contribution in [0, 0.1) is 13.8 Å². The number of hydrogen-bond acceptors (Lipinski definition) is 10. The van der Waals surface area contributed by atoms with Crippen molar-refractivity contribution in [3.05, 3.63) is 107 Å². The molecule has 4 heterocycles. The topological polar surface area (TPSA) is 135 Å². The van der Waals surface area contributed by atoms with Crippen LogP contribution in [-0.2, 0) is 20.6 Å². The zero-order valence-electron chi connectivity index (χ0n) is 28.6. The SMILES string of the molecule is Cc1ccc(C2CCC(Nc3nc(Nc4ccccc4C)c4cnn(C)c4n3)C2)cc1Nc1nc(NCc2ccccc2)nc2c1cnn2C. The van der Waals surface area contributed by atoms with Gasteiger partial charge in [0, 0.05) is 38.1 Å². The van der Waals surface area contributed by atoms with E-state index in [1.807, 2.05) is 56.8 Å². The molecule has 0 saturated heterocycles. The summed E-state index contributed by atoms with van der Waals surface area (Å²) >= 11 is 0. The standard InChI is InChI=1S/C38H40N12/c1-23-10-8-9-13-31(23)43-33-29-21-41-50(4)36(29)48-38(46-33)42-28-17-16-26(18-28)27-15-14-24(2)32(19-27)44-34-30-22-40-49(3)35(30)47-37(45-34)39-20-25-11-6-5-7-12-25/h5-15,19,21-22,26,28H,16-18,20H2,1-4H3,(H2,39,44,45,47)(H2,42,43,46,48). The fourth-order valence-corrected chi connectivity index (χ4v) is 6.75. The first-order valence-electron chi connectivity index (χ1n) is 17.0. The summed E-state index contributed by atoms with van der Waals surface area (Å²) in [6.45, 7) is 4.83. The van der Waals surface area contributed by atoms with E-state index in [1.165, 1.54) is 5.56 Å². The summed E-state index contributed by atoms with van der Waals surface area (Å²) in [5, 5.41) is 24.9. The number of nitrogens with one attached hydrogen (secondary N) is 4. The Balaban J connectivity index is 1.00. The minimum Gasteiger partial charge on any atom is -0.351 e. The molecule has 4 aromatic heterocycles. The van der Waals surface area contributed by atoms with Crippen LogP contribution in [0.25, 0.3) is 22.1 Å². The summed E-state index contributed by atoms with van der Waals surface area (Å²) in [7, 11) is 3.81. The molecule has 7 aromatic rings. The van der Waals surface area contributed by atoms with E-state index in [-0.39, 0.29) is 6.04 Å². The van der Waals surface area contributed by atoms with Crippen LogP contribution in [0.5, 0.6) is 0 Å². The largest absolute Gasteiger partial charge is 0.351 e. The molecule has 0 spiro atoms. The molecule has 0 amide bonds. The highest BCUT2D eigenvalue weighted by atomic mass is 15.3. The van der Waals surface area contributed by atoms with Crippen molar-refractivity contribution < 1.29 is 0 Å². The molecule has 12 nitrogen and oxygen atoms in total. The molecule has 252 valence electrons. The van der Waals surface area contributed by atoms with Gasteiger partial charge in [0.15, 0.2) is 11.3 Å². The average molecular weight is 665 g/mol. The lowest BCUT2D eigenvalue weighted by Crippen LogP contribution is -2.18. The smallest absolute Gasteiger partial charge is 0.227 e. The molecule has 0 bridgehead atoms. The summed E-state index contributed by atoms with van der Waals surface area (Å²) in [4.78, 5) is 19.4. The molecular weight excluding hydrogens is 625 g/mol. The van der Waals surface area contributed by atoms with Crippen LogP contribution in [0.3, 0.4) is 0 Å². The lowest BCUT2D eigenvalue weighted by atomic mass is 9.95. The van der Waals surface area contributed by atoms with Crippen LogP contribution in [0.4, 0.5) is 34.9 Å². The van der Waals surface area contributed by atoms with Crippen molar-refractivity contribution in [3.63, 3.8) is 0 Å². The normalized spacial score (nSPS) is 15.8. The predicted octanol–water partition coefficient (Wildman–Crippen LogP) is 7.50. The third-order valence-electron chi connectivity index (χ3n) is 9.63. The molecule has 4 N–H and O–H groups in total. The third kappa shape index (κ3) is 6.27. The van der Waals surface area contributed by atoms with Gasteiger partial charge in [-0.3, -0.25) is 9.36 Å². The first kappa shape index (κ1) is 31.2. The Bertz CT molecular complexity index is 2310. The number of anilines is 6. The molecule has 2 atom stereocenters. The summed E-state index contributed by atoms with van der Waals surface area (Å²) in [6, 6.07) is 25.4. The molecule has 2 unspecified atom stereocenters. The fourth-order valence-electron chi connectivity index (χ4n) is 6.75. The number of aryl methyl sites for hydroxylation is 4. The Morgan fingerprint density at radius 2 is 1.32 bits per heavy atom. The lowest BCUT2D eigenvalue weighted by Gasteiger charge is -2.17. The van der Waals surface area contributed by atoms with E-state index in [1.54, 1.807) is 9.36 Å². The van der Waals surface area contributed by atoms with Crippen molar-refractivity contribution in [2.75, 3.05) is 21.3 Å². The second-order valence-electron chi connectivity index (χ2n) is 13.1. The zero-order valence-corrected chi connectivity index (χ0v) is 28.6. The molecule has 1 saturated carbocycles. The Labute approximate surface area is 290 Å². The summed E-state index contributed by atoms with van der Waals surface area (Å²) in [6.07, 6.45) is 6.70. The maximum atomic E-state index is 4.93. The van der Waals surface area contributed by atoms with Gasteiger partial charge in [0.25, 0.3) is 0 Å². The molecule has 1 fully saturated rings. The van der Waals surface area contributed by atoms with E-state index in [4.69, 9.17) is 19.9 Å². The molecule has 50 heavy (non-hydrogen) atoms. The minimum absolute atomic E-state index is 0.241. The number of fused-ring (bicyclic) bond motifs is 2. The van der Waals surface area contributed by atoms with Gasteiger partial charge >= 0.3 is 0 Å². The highest BCUT2D eigenvalue weighted by molar-refractivity contribution is 5.90. The molecule has 12 heteroatoms. The number of nitrogens with zero attached hydrogens (tertiary/aromatic N) is 8. The van der Waals surface area contributed by atoms with E-state index < -0.39 is 0 Å². The van der Waals surface area contributed by atoms with Gasteiger partial charge in [0.2, 0.25) is 11.9 Å². The van der Waals surface area contributed by atoms with Crippen LogP contribution in [-0.4, -0.2) is 45.5 Å². The van der Waals surface area contributed by atoms with E-state index in [9.17, 15) is 0 Å². The van der Waals surface area contributed by atoms with Gasteiger partial charge in [-0.2, -0.15) is 30.1 Å². The molecule has 1 aliphatic carbocycles. The molecule has 0 radical (unpaired) electrons. The van der Waals surface area contributed by atoms with Gasteiger partial charge in [0.1, 0.15) is 11.6 Å². The van der Waals surface area contributed by atoms with E-state index >= 15 is 0 Å². The number of rotatable bonds is 10. The minimum atomic E-state index is 0.241. The number of para-hydroxylation sites is 1. The van der Waals surface area contributed by atoms with Crippen LogP contribution < -0.4 is 21.3 Å². The van der Waals surface area contributed by atoms with Crippen molar-refractivity contribution >= 4 is 57.0 Å². The van der Waals surface area contributed by atoms with Crippen molar-refractivity contribution in [2.24, 2.45) is 14.1 Å². The molecule has 0 aliphatic heterocycles. The van der Waals surface area contributed by atoms with E-state index in [0.717, 1.165) is 81.0 Å². The molecule has 3 aromatic carbocycles. The van der Waals surface area contributed by atoms with Crippen LogP contribution in [0.15, 0.2) is 85.2 Å². The van der Waals surface area contributed by atoms with E-state index in [2.05, 4.69) is 87.8 Å². The van der Waals surface area contributed by atoms with Crippen molar-refractivity contribution in [2.45, 2.75) is 51.6 Å². The zero-order chi connectivity index (χ0) is 34.2. The second-order valence-corrected chi connectivity index (χ2v) is 13.1. The monoisotopic (exact) mass is 664 g/mol. The van der Waals surface area contributed by atoms with Crippen LogP contribution in [0.1, 0.15) is 47.4 Å². The number of aromatic nitrogens is 8. The van der Waals surface area contributed by atoms with Crippen LogP contribution >= 0.6 is 0 Å². The van der Waals surface area contributed by atoms with Crippen molar-refractivity contribution in [3.8, 4) is 0 Å². The predicted molar refractivity (Wildman–Crippen MR) is 199 cm³/mol. The van der Waals surface area contributed by atoms with Gasteiger partial charge in [-0.15, -0.1) is 0 Å². The van der Waals surface area contributed by atoms with Gasteiger partial charge in [-0.25, -0.2) is 0 Å². The van der Waals surface area contributed by atoms with E-state index in [0.29, 0.717) is 24.4 Å². The Kier molecular flexibility index (Phi) is 8.19. The summed E-state index contributed by atoms with van der Waals surface area (Å²) < 4.78 is 3.57. The maximum Gasteiger partial charge on any atom is 0.227 e. The second kappa shape index (κ2) is 13.1. The Hall–Kier alpha value is -6.04. The third-order valence-corrected chi connectivity index (χ3v) is 9.63. The van der Waals surface area contributed by atoms with Gasteiger partial charge in [0.05, 0.1) is 23.2 Å². The lowest BCUT2D eigenvalue weighted by molar-refractivity contribution is 0.698. The summed E-state index contributed by atoms with van der Waals surface area (Å²) in [5.74, 6) is 3.02. The van der Waals surface area contributed by atoms with Crippen LogP contribution in [0.2, 0.25) is 0 Å². The average Bonchev–Trinajstić information content (AvgIpc) is 3.85. The number of benzene rings is 3.